The van der Waals surface area contributed by atoms with Crippen LogP contribution in [0.4, 0.5) is 17.2 Å². The van der Waals surface area contributed by atoms with Crippen molar-refractivity contribution in [2.75, 3.05) is 23.8 Å². The lowest BCUT2D eigenvalue weighted by Crippen LogP contribution is -2.14. The summed E-state index contributed by atoms with van der Waals surface area (Å²) in [6.07, 6.45) is 2.95. The quantitative estimate of drug-likeness (QED) is 0.609. The molecule has 3 rings (SSSR count). The molecule has 0 saturated heterocycles. The molecule has 3 aromatic rings. The molecule has 7 nitrogen and oxygen atoms in total. The van der Waals surface area contributed by atoms with Crippen LogP contribution in [0, 0.1) is 0 Å². The van der Waals surface area contributed by atoms with Gasteiger partial charge in [0.15, 0.2) is 0 Å². The summed E-state index contributed by atoms with van der Waals surface area (Å²) in [5, 5.41) is 5.92. The molecule has 1 aromatic heterocycles. The molecule has 0 spiro atoms. The van der Waals surface area contributed by atoms with Crippen LogP contribution in [0.25, 0.3) is 0 Å². The molecule has 1 heterocycles. The van der Waals surface area contributed by atoms with E-state index < -0.39 is 0 Å². The zero-order valence-corrected chi connectivity index (χ0v) is 15.8. The monoisotopic (exact) mass is 378 g/mol. The van der Waals surface area contributed by atoms with Gasteiger partial charge >= 0.3 is 0 Å². The van der Waals surface area contributed by atoms with E-state index in [2.05, 4.69) is 20.6 Å². The van der Waals surface area contributed by atoms with Crippen molar-refractivity contribution in [1.29, 1.82) is 0 Å². The van der Waals surface area contributed by atoms with Crippen LogP contribution in [0.1, 0.15) is 24.3 Å². The lowest BCUT2D eigenvalue weighted by atomic mass is 10.3. The Morgan fingerprint density at radius 2 is 1.39 bits per heavy atom. The van der Waals surface area contributed by atoms with Gasteiger partial charge in [0, 0.05) is 11.4 Å². The summed E-state index contributed by atoms with van der Waals surface area (Å²) >= 11 is 0. The number of amides is 1. The molecule has 0 unspecified atom stereocenters. The molecule has 2 N–H and O–H groups in total. The Morgan fingerprint density at radius 3 is 1.89 bits per heavy atom. The minimum Gasteiger partial charge on any atom is -0.494 e. The molecule has 0 atom stereocenters. The maximum atomic E-state index is 12.3. The average molecular weight is 378 g/mol. The van der Waals surface area contributed by atoms with E-state index in [4.69, 9.17) is 9.47 Å². The van der Waals surface area contributed by atoms with Gasteiger partial charge in [0.05, 0.1) is 25.6 Å². The van der Waals surface area contributed by atoms with Crippen LogP contribution in [0.15, 0.2) is 60.9 Å². The fourth-order valence-corrected chi connectivity index (χ4v) is 2.46. The largest absolute Gasteiger partial charge is 0.494 e. The Kier molecular flexibility index (Phi) is 6.41. The summed E-state index contributed by atoms with van der Waals surface area (Å²) in [6.45, 7) is 5.08. The van der Waals surface area contributed by atoms with Gasteiger partial charge in [-0.1, -0.05) is 0 Å². The Bertz CT molecular complexity index is 894. The minimum absolute atomic E-state index is 0.228. The van der Waals surface area contributed by atoms with Gasteiger partial charge in [-0.05, 0) is 62.4 Å². The van der Waals surface area contributed by atoms with Crippen molar-refractivity contribution >= 4 is 23.1 Å². The number of carbonyl (C=O) groups excluding carboxylic acids is 1. The van der Waals surface area contributed by atoms with E-state index in [1.54, 1.807) is 24.3 Å². The fourth-order valence-electron chi connectivity index (χ4n) is 2.46. The number of aromatic nitrogens is 2. The van der Waals surface area contributed by atoms with E-state index in [9.17, 15) is 4.79 Å². The van der Waals surface area contributed by atoms with Crippen molar-refractivity contribution in [3.63, 3.8) is 0 Å². The van der Waals surface area contributed by atoms with Crippen LogP contribution < -0.4 is 20.1 Å². The van der Waals surface area contributed by atoms with Crippen molar-refractivity contribution in [3.8, 4) is 11.5 Å². The highest BCUT2D eigenvalue weighted by Crippen LogP contribution is 2.19. The van der Waals surface area contributed by atoms with Crippen molar-refractivity contribution < 1.29 is 14.3 Å². The van der Waals surface area contributed by atoms with E-state index in [-0.39, 0.29) is 11.6 Å². The standard InChI is InChI=1S/C21H22N4O3/c1-3-27-17-9-5-15(6-10-17)24-20-14-22-19(13-23-20)21(26)25-16-7-11-18(12-8-16)28-4-2/h5-14H,3-4H2,1-2H3,(H,23,24)(H,25,26). The highest BCUT2D eigenvalue weighted by Gasteiger charge is 2.09. The maximum Gasteiger partial charge on any atom is 0.275 e. The molecule has 0 fully saturated rings. The molecule has 0 saturated carbocycles. The SMILES string of the molecule is CCOc1ccc(NC(=O)c2cnc(Nc3ccc(OCC)cc3)cn2)cc1. The van der Waals surface area contributed by atoms with Gasteiger partial charge < -0.3 is 20.1 Å². The van der Waals surface area contributed by atoms with Gasteiger partial charge in [-0.15, -0.1) is 0 Å². The van der Waals surface area contributed by atoms with Gasteiger partial charge in [0.2, 0.25) is 0 Å². The number of hydrogen-bond donors (Lipinski definition) is 2. The third-order valence-electron chi connectivity index (χ3n) is 3.75. The first-order chi connectivity index (χ1) is 13.7. The second-order valence-electron chi connectivity index (χ2n) is 5.78. The lowest BCUT2D eigenvalue weighted by molar-refractivity contribution is 0.102. The minimum atomic E-state index is -0.329. The Balaban J connectivity index is 1.59. The first kappa shape index (κ1) is 19.2. The van der Waals surface area contributed by atoms with E-state index in [0.29, 0.717) is 24.7 Å². The molecular formula is C21H22N4O3. The number of nitrogens with one attached hydrogen (secondary N) is 2. The lowest BCUT2D eigenvalue weighted by Gasteiger charge is -2.08. The van der Waals surface area contributed by atoms with Crippen LogP contribution in [0.3, 0.4) is 0 Å². The number of ether oxygens (including phenoxy) is 2. The highest BCUT2D eigenvalue weighted by atomic mass is 16.5. The molecule has 0 bridgehead atoms. The van der Waals surface area contributed by atoms with E-state index >= 15 is 0 Å². The van der Waals surface area contributed by atoms with Crippen LogP contribution in [-0.4, -0.2) is 29.1 Å². The zero-order chi connectivity index (χ0) is 19.8. The third-order valence-corrected chi connectivity index (χ3v) is 3.75. The summed E-state index contributed by atoms with van der Waals surface area (Å²) < 4.78 is 10.8. The Morgan fingerprint density at radius 1 is 0.821 bits per heavy atom. The summed E-state index contributed by atoms with van der Waals surface area (Å²) in [5.74, 6) is 1.77. The Labute approximate surface area is 163 Å². The van der Waals surface area contributed by atoms with Gasteiger partial charge in [0.1, 0.15) is 23.0 Å². The predicted octanol–water partition coefficient (Wildman–Crippen LogP) is 4.27. The molecule has 28 heavy (non-hydrogen) atoms. The van der Waals surface area contributed by atoms with E-state index in [1.165, 1.54) is 12.4 Å². The van der Waals surface area contributed by atoms with Gasteiger partial charge in [-0.2, -0.15) is 0 Å². The second-order valence-corrected chi connectivity index (χ2v) is 5.78. The molecule has 1 amide bonds. The van der Waals surface area contributed by atoms with Crippen LogP contribution >= 0.6 is 0 Å². The number of benzene rings is 2. The summed E-state index contributed by atoms with van der Waals surface area (Å²) in [4.78, 5) is 20.7. The van der Waals surface area contributed by atoms with E-state index in [1.807, 2.05) is 38.1 Å². The van der Waals surface area contributed by atoms with Gasteiger partial charge in [-0.3, -0.25) is 4.79 Å². The van der Waals surface area contributed by atoms with E-state index in [0.717, 1.165) is 17.2 Å². The smallest absolute Gasteiger partial charge is 0.275 e. The maximum absolute atomic E-state index is 12.3. The molecule has 2 aromatic carbocycles. The first-order valence-corrected chi connectivity index (χ1v) is 9.04. The molecule has 144 valence electrons. The average Bonchev–Trinajstić information content (AvgIpc) is 2.72. The number of rotatable bonds is 8. The van der Waals surface area contributed by atoms with Crippen molar-refractivity contribution in [2.45, 2.75) is 13.8 Å². The molecular weight excluding hydrogens is 356 g/mol. The van der Waals surface area contributed by atoms with Gasteiger partial charge in [0.25, 0.3) is 5.91 Å². The normalized spacial score (nSPS) is 10.2. The van der Waals surface area contributed by atoms with Crippen molar-refractivity contribution in [1.82, 2.24) is 9.97 Å². The van der Waals surface area contributed by atoms with Crippen LogP contribution in [0.2, 0.25) is 0 Å². The summed E-state index contributed by atoms with van der Waals surface area (Å²) in [6, 6.07) is 14.7. The van der Waals surface area contributed by atoms with Crippen LogP contribution in [-0.2, 0) is 0 Å². The molecule has 7 heteroatoms. The third kappa shape index (κ3) is 5.20. The fraction of sp³-hybridized carbons (Fsp3) is 0.190. The molecule has 0 aliphatic rings. The topological polar surface area (TPSA) is 85.4 Å². The summed E-state index contributed by atoms with van der Waals surface area (Å²) in [7, 11) is 0. The van der Waals surface area contributed by atoms with Crippen molar-refractivity contribution in [2.24, 2.45) is 0 Å². The number of hydrogen-bond acceptors (Lipinski definition) is 6. The highest BCUT2D eigenvalue weighted by molar-refractivity contribution is 6.02. The molecule has 0 aliphatic heterocycles. The number of anilines is 3. The molecule has 0 aliphatic carbocycles. The number of nitrogens with zero attached hydrogens (tertiary/aromatic N) is 2. The first-order valence-electron chi connectivity index (χ1n) is 9.04. The zero-order valence-electron chi connectivity index (χ0n) is 15.8. The van der Waals surface area contributed by atoms with Crippen LogP contribution in [0.5, 0.6) is 11.5 Å². The molecule has 0 radical (unpaired) electrons. The predicted molar refractivity (Wildman–Crippen MR) is 108 cm³/mol. The summed E-state index contributed by atoms with van der Waals surface area (Å²) in [5.41, 5.74) is 1.74. The second kappa shape index (κ2) is 9.36. The number of carbonyl (C=O) groups is 1. The van der Waals surface area contributed by atoms with Crippen molar-refractivity contribution in [3.05, 3.63) is 66.6 Å². The Hall–Kier alpha value is -3.61. The van der Waals surface area contributed by atoms with Gasteiger partial charge in [-0.25, -0.2) is 9.97 Å².